The lowest BCUT2D eigenvalue weighted by Gasteiger charge is -2.20. The number of benzene rings is 1. The molecule has 18 heavy (non-hydrogen) atoms. The molecule has 0 saturated heterocycles. The third-order valence-electron chi connectivity index (χ3n) is 3.52. The number of alkyl halides is 1. The number of methoxy groups -OCH3 is 1. The Morgan fingerprint density at radius 3 is 2.22 bits per heavy atom. The van der Waals surface area contributed by atoms with Gasteiger partial charge in [-0.2, -0.15) is 0 Å². The van der Waals surface area contributed by atoms with Crippen LogP contribution in [0.4, 0.5) is 0 Å². The van der Waals surface area contributed by atoms with Gasteiger partial charge in [0.05, 0.1) is 12.5 Å². The Morgan fingerprint density at radius 2 is 1.78 bits per heavy atom. The smallest absolute Gasteiger partial charge is 0.124 e. The molecule has 0 aliphatic rings. The van der Waals surface area contributed by atoms with E-state index in [1.165, 1.54) is 36.0 Å². The molecule has 1 aromatic carbocycles. The molecule has 0 saturated carbocycles. The van der Waals surface area contributed by atoms with E-state index in [-0.39, 0.29) is 5.38 Å². The third-order valence-corrected chi connectivity index (χ3v) is 4.20. The molecule has 1 rings (SSSR count). The molecule has 0 fully saturated rings. The van der Waals surface area contributed by atoms with E-state index in [4.69, 9.17) is 16.3 Å². The molecule has 0 aliphatic heterocycles. The van der Waals surface area contributed by atoms with Gasteiger partial charge in [-0.25, -0.2) is 0 Å². The first-order chi connectivity index (χ1) is 8.51. The third kappa shape index (κ3) is 3.65. The van der Waals surface area contributed by atoms with E-state index in [2.05, 4.69) is 39.8 Å². The molecule has 0 bridgehead atoms. The molecule has 102 valence electrons. The Labute approximate surface area is 116 Å². The summed E-state index contributed by atoms with van der Waals surface area (Å²) in [7, 11) is 1.72. The van der Waals surface area contributed by atoms with Crippen molar-refractivity contribution in [1.82, 2.24) is 0 Å². The van der Waals surface area contributed by atoms with Gasteiger partial charge in [-0.1, -0.05) is 38.8 Å². The van der Waals surface area contributed by atoms with Crippen LogP contribution in [-0.2, 0) is 0 Å². The second-order valence-electron chi connectivity index (χ2n) is 5.21. The van der Waals surface area contributed by atoms with Gasteiger partial charge in [0.2, 0.25) is 0 Å². The first-order valence-electron chi connectivity index (χ1n) is 6.80. The Kier molecular flexibility index (Phi) is 6.01. The second kappa shape index (κ2) is 7.04. The fraction of sp³-hybridized carbons (Fsp3) is 0.625. The van der Waals surface area contributed by atoms with Gasteiger partial charge >= 0.3 is 0 Å². The van der Waals surface area contributed by atoms with Crippen LogP contribution in [0.2, 0.25) is 0 Å². The highest BCUT2D eigenvalue weighted by atomic mass is 35.5. The molecule has 0 heterocycles. The lowest BCUT2D eigenvalue weighted by Crippen LogP contribution is -2.05. The molecule has 0 N–H and O–H groups in total. The van der Waals surface area contributed by atoms with E-state index in [0.29, 0.717) is 5.92 Å². The van der Waals surface area contributed by atoms with Crippen LogP contribution in [0.3, 0.4) is 0 Å². The summed E-state index contributed by atoms with van der Waals surface area (Å²) in [6, 6.07) is 4.32. The minimum Gasteiger partial charge on any atom is -0.496 e. The summed E-state index contributed by atoms with van der Waals surface area (Å²) in [6.07, 6.45) is 3.67. The predicted molar refractivity (Wildman–Crippen MR) is 79.8 cm³/mol. The molecular formula is C16H25ClO. The van der Waals surface area contributed by atoms with Crippen molar-refractivity contribution in [2.75, 3.05) is 7.11 Å². The van der Waals surface area contributed by atoms with Crippen LogP contribution >= 0.6 is 11.6 Å². The van der Waals surface area contributed by atoms with Gasteiger partial charge in [-0.15, -0.1) is 11.6 Å². The van der Waals surface area contributed by atoms with E-state index in [1.807, 2.05) is 0 Å². The predicted octanol–water partition coefficient (Wildman–Crippen LogP) is 5.42. The summed E-state index contributed by atoms with van der Waals surface area (Å²) >= 11 is 6.59. The monoisotopic (exact) mass is 268 g/mol. The maximum absolute atomic E-state index is 6.59. The van der Waals surface area contributed by atoms with Crippen molar-refractivity contribution >= 4 is 11.6 Å². The van der Waals surface area contributed by atoms with Crippen LogP contribution in [0.5, 0.6) is 5.75 Å². The molecular weight excluding hydrogens is 244 g/mol. The number of hydrogen-bond acceptors (Lipinski definition) is 1. The highest BCUT2D eigenvalue weighted by molar-refractivity contribution is 6.21. The zero-order valence-corrected chi connectivity index (χ0v) is 13.0. The van der Waals surface area contributed by atoms with Gasteiger partial charge in [0, 0.05) is 0 Å². The zero-order chi connectivity index (χ0) is 13.7. The van der Waals surface area contributed by atoms with Gasteiger partial charge in [0.25, 0.3) is 0 Å². The largest absolute Gasteiger partial charge is 0.496 e. The maximum Gasteiger partial charge on any atom is 0.124 e. The molecule has 0 amide bonds. The summed E-state index contributed by atoms with van der Waals surface area (Å²) in [6.45, 7) is 8.62. The van der Waals surface area contributed by atoms with Crippen LogP contribution in [0.25, 0.3) is 0 Å². The normalized spacial score (nSPS) is 14.3. The van der Waals surface area contributed by atoms with Crippen molar-refractivity contribution in [1.29, 1.82) is 0 Å². The van der Waals surface area contributed by atoms with Gasteiger partial charge < -0.3 is 4.74 Å². The molecule has 2 atom stereocenters. The van der Waals surface area contributed by atoms with E-state index in [9.17, 15) is 0 Å². The molecule has 2 unspecified atom stereocenters. The van der Waals surface area contributed by atoms with Crippen LogP contribution in [-0.4, -0.2) is 7.11 Å². The van der Waals surface area contributed by atoms with Crippen LogP contribution in [0, 0.1) is 19.8 Å². The molecule has 1 aromatic rings. The summed E-state index contributed by atoms with van der Waals surface area (Å²) in [5.41, 5.74) is 3.55. The lowest BCUT2D eigenvalue weighted by molar-refractivity contribution is 0.408. The quantitative estimate of drug-likeness (QED) is 0.626. The molecule has 0 aliphatic carbocycles. The summed E-state index contributed by atoms with van der Waals surface area (Å²) in [4.78, 5) is 0. The van der Waals surface area contributed by atoms with Crippen molar-refractivity contribution in [3.63, 3.8) is 0 Å². The Hall–Kier alpha value is -0.690. The van der Waals surface area contributed by atoms with E-state index in [0.717, 1.165) is 5.75 Å². The van der Waals surface area contributed by atoms with Crippen molar-refractivity contribution in [2.45, 2.75) is 52.3 Å². The Bertz CT molecular complexity index is 364. The maximum atomic E-state index is 6.59. The SMILES string of the molecule is CCCCC(C)C(Cl)c1cc(C)c(OC)c(C)c1. The Morgan fingerprint density at radius 1 is 1.22 bits per heavy atom. The standard InChI is InChI=1S/C16H25ClO/c1-6-7-8-11(2)15(17)14-9-12(3)16(18-5)13(4)10-14/h9-11,15H,6-8H2,1-5H3. The summed E-state index contributed by atoms with van der Waals surface area (Å²) in [5, 5.41) is 0.0971. The topological polar surface area (TPSA) is 9.23 Å². The highest BCUT2D eigenvalue weighted by Gasteiger charge is 2.18. The Balaban J connectivity index is 2.89. The van der Waals surface area contributed by atoms with Gasteiger partial charge in [0.1, 0.15) is 5.75 Å². The van der Waals surface area contributed by atoms with Crippen molar-refractivity contribution in [2.24, 2.45) is 5.92 Å². The molecule has 0 aromatic heterocycles. The summed E-state index contributed by atoms with van der Waals surface area (Å²) < 4.78 is 5.39. The zero-order valence-electron chi connectivity index (χ0n) is 12.2. The molecule has 2 heteroatoms. The second-order valence-corrected chi connectivity index (χ2v) is 5.68. The number of rotatable bonds is 6. The first kappa shape index (κ1) is 15.4. The van der Waals surface area contributed by atoms with E-state index in [1.54, 1.807) is 7.11 Å². The van der Waals surface area contributed by atoms with Crippen molar-refractivity contribution in [3.8, 4) is 5.75 Å². The summed E-state index contributed by atoms with van der Waals surface area (Å²) in [5.74, 6) is 1.49. The minimum atomic E-state index is 0.0971. The van der Waals surface area contributed by atoms with Gasteiger partial charge in [-0.05, 0) is 42.9 Å². The number of unbranched alkanes of at least 4 members (excludes halogenated alkanes) is 1. The average Bonchev–Trinajstić information content (AvgIpc) is 2.34. The number of hydrogen-bond donors (Lipinski definition) is 0. The van der Waals surface area contributed by atoms with Crippen molar-refractivity contribution in [3.05, 3.63) is 28.8 Å². The molecule has 0 radical (unpaired) electrons. The molecule has 1 nitrogen and oxygen atoms in total. The average molecular weight is 269 g/mol. The van der Waals surface area contributed by atoms with E-state index < -0.39 is 0 Å². The van der Waals surface area contributed by atoms with Crippen LogP contribution in [0.15, 0.2) is 12.1 Å². The lowest BCUT2D eigenvalue weighted by atomic mass is 9.93. The van der Waals surface area contributed by atoms with Crippen LogP contribution in [0.1, 0.15) is 55.2 Å². The first-order valence-corrected chi connectivity index (χ1v) is 7.24. The van der Waals surface area contributed by atoms with E-state index >= 15 is 0 Å². The number of halogens is 1. The van der Waals surface area contributed by atoms with Gasteiger partial charge in [0.15, 0.2) is 0 Å². The fourth-order valence-electron chi connectivity index (χ4n) is 2.47. The number of ether oxygens (including phenoxy) is 1. The highest BCUT2D eigenvalue weighted by Crippen LogP contribution is 2.35. The van der Waals surface area contributed by atoms with Gasteiger partial charge in [-0.3, -0.25) is 0 Å². The minimum absolute atomic E-state index is 0.0971. The van der Waals surface area contributed by atoms with Crippen molar-refractivity contribution < 1.29 is 4.74 Å². The molecule has 0 spiro atoms. The van der Waals surface area contributed by atoms with Crippen LogP contribution < -0.4 is 4.74 Å². The fourth-order valence-corrected chi connectivity index (χ4v) is 2.72. The number of aryl methyl sites for hydroxylation is 2.